The number of nitrogens with zero attached hydrogens (tertiary/aromatic N) is 3. The van der Waals surface area contributed by atoms with Crippen molar-refractivity contribution >= 4 is 52.3 Å². The summed E-state index contributed by atoms with van der Waals surface area (Å²) in [7, 11) is 0. The monoisotopic (exact) mass is 588 g/mol. The van der Waals surface area contributed by atoms with Crippen LogP contribution in [-0.4, -0.2) is 83.3 Å². The predicted octanol–water partition coefficient (Wildman–Crippen LogP) is 4.57. The summed E-state index contributed by atoms with van der Waals surface area (Å²) in [6, 6.07) is 22.5. The van der Waals surface area contributed by atoms with Gasteiger partial charge in [0.2, 0.25) is 0 Å². The number of carbonyl (C=O) groups excluding carboxylic acids is 2. The molecule has 0 spiro atoms. The van der Waals surface area contributed by atoms with E-state index in [1.165, 1.54) is 11.8 Å². The predicted molar refractivity (Wildman–Crippen MR) is 165 cm³/mol. The first-order valence-corrected chi connectivity index (χ1v) is 14.8. The van der Waals surface area contributed by atoms with Crippen molar-refractivity contribution in [2.45, 2.75) is 5.09 Å². The number of piperazine rings is 1. The number of thiocarbonyl (C=S) groups is 1. The van der Waals surface area contributed by atoms with Crippen LogP contribution in [0.4, 0.5) is 0 Å². The zero-order chi connectivity index (χ0) is 28.4. The highest BCUT2D eigenvalue weighted by Crippen LogP contribution is 2.26. The first-order chi connectivity index (χ1) is 20.0. The third-order valence-corrected chi connectivity index (χ3v) is 8.10. The topological polar surface area (TPSA) is 78.3 Å². The van der Waals surface area contributed by atoms with Gasteiger partial charge in [0.25, 0.3) is 11.8 Å². The summed E-state index contributed by atoms with van der Waals surface area (Å²) >= 11 is 6.94. The Labute approximate surface area is 249 Å². The van der Waals surface area contributed by atoms with Gasteiger partial charge in [0.15, 0.2) is 5.09 Å². The smallest absolute Gasteiger partial charge is 0.270 e. The summed E-state index contributed by atoms with van der Waals surface area (Å²) in [5, 5.41) is 3.45. The van der Waals surface area contributed by atoms with Gasteiger partial charge in [0.1, 0.15) is 15.8 Å². The molecule has 2 aliphatic rings. The Morgan fingerprint density at radius 1 is 0.829 bits per heavy atom. The summed E-state index contributed by atoms with van der Waals surface area (Å²) in [5.41, 5.74) is 1.75. The molecule has 1 N–H and O–H groups in total. The number of rotatable bonds is 7. The maximum Gasteiger partial charge on any atom is 0.270 e. The van der Waals surface area contributed by atoms with Gasteiger partial charge in [-0.25, -0.2) is 0 Å². The fourth-order valence-corrected chi connectivity index (χ4v) is 5.63. The van der Waals surface area contributed by atoms with E-state index < -0.39 is 0 Å². The van der Waals surface area contributed by atoms with Gasteiger partial charge in [0, 0.05) is 50.9 Å². The van der Waals surface area contributed by atoms with E-state index in [9.17, 15) is 9.59 Å². The van der Waals surface area contributed by atoms with Crippen molar-refractivity contribution < 1.29 is 18.7 Å². The Morgan fingerprint density at radius 2 is 1.51 bits per heavy atom. The standard InChI is InChI=1S/C31H32N4O4S2/c36-29(25-9-5-2-6-10-25)32-27(23-26-11-12-28(39-26)41-31(40)35-19-21-38-22-20-35)30(37)34-17-15-33(16-18-34)14-13-24-7-3-1-4-8-24/h1-14,23H,15-22H2,(H,32,36). The van der Waals surface area contributed by atoms with E-state index in [1.807, 2.05) is 30.3 Å². The number of amides is 2. The molecule has 0 aliphatic carbocycles. The second kappa shape index (κ2) is 14.2. The van der Waals surface area contributed by atoms with Gasteiger partial charge < -0.3 is 29.2 Å². The second-order valence-electron chi connectivity index (χ2n) is 9.56. The third-order valence-electron chi connectivity index (χ3n) is 6.74. The van der Waals surface area contributed by atoms with E-state index >= 15 is 0 Å². The number of furan rings is 1. The Kier molecular flexibility index (Phi) is 9.90. The largest absolute Gasteiger partial charge is 0.450 e. The summed E-state index contributed by atoms with van der Waals surface area (Å²) in [6.07, 6.45) is 5.72. The lowest BCUT2D eigenvalue weighted by Crippen LogP contribution is -2.48. The van der Waals surface area contributed by atoms with Crippen LogP contribution in [0.15, 0.2) is 94.2 Å². The first kappa shape index (κ1) is 28.7. The maximum atomic E-state index is 13.7. The van der Waals surface area contributed by atoms with Crippen molar-refractivity contribution in [2.24, 2.45) is 0 Å². The molecule has 1 aromatic heterocycles. The summed E-state index contributed by atoms with van der Waals surface area (Å²) in [5.74, 6) is -0.155. The number of hydrogen-bond donors (Lipinski definition) is 1. The quantitative estimate of drug-likeness (QED) is 0.244. The van der Waals surface area contributed by atoms with Crippen molar-refractivity contribution in [3.8, 4) is 0 Å². The molecular weight excluding hydrogens is 556 g/mol. The Bertz CT molecular complexity index is 1390. The minimum absolute atomic E-state index is 0.161. The molecule has 2 aromatic carbocycles. The van der Waals surface area contributed by atoms with Gasteiger partial charge in [0.05, 0.1) is 13.2 Å². The van der Waals surface area contributed by atoms with Gasteiger partial charge >= 0.3 is 0 Å². The van der Waals surface area contributed by atoms with Gasteiger partial charge in [-0.1, -0.05) is 60.7 Å². The van der Waals surface area contributed by atoms with Gasteiger partial charge in [-0.3, -0.25) is 9.59 Å². The van der Waals surface area contributed by atoms with Crippen LogP contribution in [0.5, 0.6) is 0 Å². The molecule has 2 aliphatic heterocycles. The fraction of sp³-hybridized carbons (Fsp3) is 0.258. The van der Waals surface area contributed by atoms with Crippen LogP contribution in [0.3, 0.4) is 0 Å². The highest BCUT2D eigenvalue weighted by atomic mass is 32.2. The number of hydrogen-bond acceptors (Lipinski definition) is 7. The molecule has 0 radical (unpaired) electrons. The number of morpholine rings is 1. The first-order valence-electron chi connectivity index (χ1n) is 13.5. The molecule has 3 aromatic rings. The van der Waals surface area contributed by atoms with Gasteiger partial charge in [-0.2, -0.15) is 0 Å². The van der Waals surface area contributed by atoms with E-state index in [0.29, 0.717) is 60.1 Å². The Morgan fingerprint density at radius 3 is 2.22 bits per heavy atom. The molecule has 41 heavy (non-hydrogen) atoms. The number of benzene rings is 2. The molecule has 2 amide bonds. The molecule has 2 saturated heterocycles. The van der Waals surface area contributed by atoms with Crippen molar-refractivity contribution in [3.63, 3.8) is 0 Å². The lowest BCUT2D eigenvalue weighted by atomic mass is 10.2. The maximum absolute atomic E-state index is 13.7. The normalized spacial score (nSPS) is 16.2. The second-order valence-corrected chi connectivity index (χ2v) is 11.2. The average molecular weight is 589 g/mol. The van der Waals surface area contributed by atoms with Crippen molar-refractivity contribution in [1.82, 2.24) is 20.0 Å². The molecule has 0 saturated carbocycles. The minimum atomic E-state index is -0.357. The summed E-state index contributed by atoms with van der Waals surface area (Å²) in [6.45, 7) is 5.24. The highest BCUT2D eigenvalue weighted by molar-refractivity contribution is 8.22. The van der Waals surface area contributed by atoms with Crippen LogP contribution in [-0.2, 0) is 9.53 Å². The molecular formula is C31H32N4O4S2. The lowest BCUT2D eigenvalue weighted by Gasteiger charge is -2.34. The van der Waals surface area contributed by atoms with Gasteiger partial charge in [-0.15, -0.1) is 0 Å². The SMILES string of the molecule is O=C(NC(=Cc1ccc(SC(=S)N2CCOCC2)o1)C(=O)N1CCN(C=Cc2ccccc2)CC1)c1ccccc1. The zero-order valence-corrected chi connectivity index (χ0v) is 24.2. The number of carbonyl (C=O) groups is 2. The van der Waals surface area contributed by atoms with E-state index in [2.05, 4.69) is 39.5 Å². The molecule has 212 valence electrons. The third kappa shape index (κ3) is 8.09. The molecule has 5 rings (SSSR count). The summed E-state index contributed by atoms with van der Waals surface area (Å²) in [4.78, 5) is 32.7. The van der Waals surface area contributed by atoms with Crippen molar-refractivity contribution in [3.05, 3.63) is 102 Å². The summed E-state index contributed by atoms with van der Waals surface area (Å²) < 4.78 is 12.1. The highest BCUT2D eigenvalue weighted by Gasteiger charge is 2.25. The van der Waals surface area contributed by atoms with E-state index in [4.69, 9.17) is 21.4 Å². The van der Waals surface area contributed by atoms with Crippen LogP contribution >= 0.6 is 24.0 Å². The van der Waals surface area contributed by atoms with Crippen LogP contribution in [0, 0.1) is 0 Å². The van der Waals surface area contributed by atoms with Crippen LogP contribution in [0.1, 0.15) is 21.7 Å². The van der Waals surface area contributed by atoms with Crippen LogP contribution in [0.25, 0.3) is 12.2 Å². The van der Waals surface area contributed by atoms with Crippen LogP contribution < -0.4 is 5.32 Å². The van der Waals surface area contributed by atoms with E-state index in [0.717, 1.165) is 18.7 Å². The molecule has 8 nitrogen and oxygen atoms in total. The zero-order valence-electron chi connectivity index (χ0n) is 22.6. The number of thioether (sulfide) groups is 1. The molecule has 0 atom stereocenters. The Hall–Kier alpha value is -3.86. The molecule has 2 fully saturated rings. The van der Waals surface area contributed by atoms with Crippen LogP contribution in [0.2, 0.25) is 0 Å². The average Bonchev–Trinajstić information content (AvgIpc) is 3.47. The molecule has 0 unspecified atom stereocenters. The lowest BCUT2D eigenvalue weighted by molar-refractivity contribution is -0.128. The van der Waals surface area contributed by atoms with Gasteiger partial charge in [-0.05, 0) is 53.9 Å². The minimum Gasteiger partial charge on any atom is -0.450 e. The van der Waals surface area contributed by atoms with Crippen molar-refractivity contribution in [1.29, 1.82) is 0 Å². The number of nitrogens with one attached hydrogen (secondary N) is 1. The molecule has 0 bridgehead atoms. The van der Waals surface area contributed by atoms with E-state index in [-0.39, 0.29) is 17.5 Å². The van der Waals surface area contributed by atoms with E-state index in [1.54, 1.807) is 41.3 Å². The van der Waals surface area contributed by atoms with Crippen molar-refractivity contribution in [2.75, 3.05) is 52.5 Å². The number of ether oxygens (including phenoxy) is 1. The fourth-order valence-electron chi connectivity index (χ4n) is 4.44. The Balaban J connectivity index is 1.27. The molecule has 10 heteroatoms. The molecule has 3 heterocycles.